The largest absolute Gasteiger partial charge is 0.462 e. The topological polar surface area (TPSA) is 78.9 Å². The number of hydrogen-bond acceptors (Lipinski definition) is 6. The number of esters is 3. The van der Waals surface area contributed by atoms with Crippen LogP contribution in [0.15, 0.2) is 134 Å². The Kier molecular flexibility index (Phi) is 47.6. The van der Waals surface area contributed by atoms with Crippen LogP contribution in [0, 0.1) is 0 Å². The Hall–Kier alpha value is -4.45. The minimum absolute atomic E-state index is 0.133. The van der Waals surface area contributed by atoms with E-state index in [0.717, 1.165) is 103 Å². The minimum atomic E-state index is -0.837. The van der Waals surface area contributed by atoms with Crippen LogP contribution in [0.3, 0.4) is 0 Å². The van der Waals surface area contributed by atoms with Crippen LogP contribution in [-0.2, 0) is 28.6 Å². The second-order valence-corrected chi connectivity index (χ2v) is 16.0. The van der Waals surface area contributed by atoms with E-state index in [4.69, 9.17) is 14.2 Å². The van der Waals surface area contributed by atoms with Crippen molar-refractivity contribution in [3.05, 3.63) is 134 Å². The van der Waals surface area contributed by atoms with Crippen LogP contribution in [0.25, 0.3) is 0 Å². The van der Waals surface area contributed by atoms with Gasteiger partial charge in [0.15, 0.2) is 6.10 Å². The summed E-state index contributed by atoms with van der Waals surface area (Å²) in [6, 6.07) is 0. The van der Waals surface area contributed by atoms with E-state index < -0.39 is 6.10 Å². The lowest BCUT2D eigenvalue weighted by atomic mass is 10.1. The average molecular weight is 883 g/mol. The highest BCUT2D eigenvalue weighted by Crippen LogP contribution is 2.12. The summed E-state index contributed by atoms with van der Waals surface area (Å²) in [4.78, 5) is 37.9. The molecule has 0 aromatic carbocycles. The summed E-state index contributed by atoms with van der Waals surface area (Å²) in [5.74, 6) is -1.08. The number of hydrogen-bond donors (Lipinski definition) is 0. The maximum absolute atomic E-state index is 12.8. The maximum atomic E-state index is 12.8. The van der Waals surface area contributed by atoms with Gasteiger partial charge in [-0.3, -0.25) is 14.4 Å². The molecule has 0 saturated carbocycles. The first-order valence-electron chi connectivity index (χ1n) is 25.2. The first-order valence-corrected chi connectivity index (χ1v) is 25.2. The van der Waals surface area contributed by atoms with Crippen LogP contribution in [0.5, 0.6) is 0 Å². The number of ether oxygens (including phenoxy) is 3. The average Bonchev–Trinajstić information content (AvgIpc) is 3.29. The molecule has 1 unspecified atom stereocenters. The van der Waals surface area contributed by atoms with E-state index in [1.807, 2.05) is 48.6 Å². The van der Waals surface area contributed by atoms with Crippen LogP contribution in [-0.4, -0.2) is 37.2 Å². The molecule has 0 aliphatic rings. The second kappa shape index (κ2) is 51.2. The molecule has 0 aromatic heterocycles. The molecule has 0 N–H and O–H groups in total. The van der Waals surface area contributed by atoms with Crippen LogP contribution in [0.1, 0.15) is 194 Å². The lowest BCUT2D eigenvalue weighted by Gasteiger charge is -2.18. The van der Waals surface area contributed by atoms with E-state index in [1.165, 1.54) is 44.9 Å². The number of carbonyl (C=O) groups excluding carboxylic acids is 3. The van der Waals surface area contributed by atoms with Gasteiger partial charge in [-0.25, -0.2) is 0 Å². The van der Waals surface area contributed by atoms with Gasteiger partial charge in [-0.15, -0.1) is 0 Å². The van der Waals surface area contributed by atoms with Crippen molar-refractivity contribution in [3.63, 3.8) is 0 Å². The van der Waals surface area contributed by atoms with Crippen molar-refractivity contribution in [2.75, 3.05) is 13.2 Å². The second-order valence-electron chi connectivity index (χ2n) is 16.0. The Labute approximate surface area is 392 Å². The Morgan fingerprint density at radius 3 is 1.23 bits per heavy atom. The monoisotopic (exact) mass is 883 g/mol. The molecular formula is C58H90O6. The summed E-state index contributed by atoms with van der Waals surface area (Å²) in [7, 11) is 0. The molecule has 0 fully saturated rings. The third-order valence-electron chi connectivity index (χ3n) is 9.98. The quantitative estimate of drug-likeness (QED) is 0.0200. The smallest absolute Gasteiger partial charge is 0.306 e. The highest BCUT2D eigenvalue weighted by Gasteiger charge is 2.19. The SMILES string of the molecule is CC\C=C/C=C\C=C/C=C\CCCCCC(=O)OCC(COC(=O)CC/C=C\C/C=C\C/C=C\C/C=C\C/C=C\C/C=C\CC)OC(=O)CCCCC/C=C\CCCCCCCCC. The molecule has 0 aliphatic heterocycles. The van der Waals surface area contributed by atoms with E-state index >= 15 is 0 Å². The van der Waals surface area contributed by atoms with Crippen LogP contribution in [0.4, 0.5) is 0 Å². The minimum Gasteiger partial charge on any atom is -0.462 e. The normalized spacial score (nSPS) is 13.2. The van der Waals surface area contributed by atoms with Crippen molar-refractivity contribution in [1.29, 1.82) is 0 Å². The first-order chi connectivity index (χ1) is 31.5. The van der Waals surface area contributed by atoms with Crippen molar-refractivity contribution in [1.82, 2.24) is 0 Å². The van der Waals surface area contributed by atoms with Gasteiger partial charge in [-0.05, 0) is 103 Å². The molecule has 0 bridgehead atoms. The zero-order valence-electron chi connectivity index (χ0n) is 40.7. The molecule has 358 valence electrons. The Bertz CT molecular complexity index is 1430. The van der Waals surface area contributed by atoms with Crippen molar-refractivity contribution < 1.29 is 28.6 Å². The lowest BCUT2D eigenvalue weighted by Crippen LogP contribution is -2.30. The molecule has 0 aliphatic carbocycles. The van der Waals surface area contributed by atoms with Gasteiger partial charge in [0.2, 0.25) is 0 Å². The van der Waals surface area contributed by atoms with Gasteiger partial charge in [0, 0.05) is 19.3 Å². The van der Waals surface area contributed by atoms with Gasteiger partial charge in [0.05, 0.1) is 0 Å². The molecular weight excluding hydrogens is 793 g/mol. The van der Waals surface area contributed by atoms with Gasteiger partial charge in [-0.1, -0.05) is 206 Å². The maximum Gasteiger partial charge on any atom is 0.306 e. The highest BCUT2D eigenvalue weighted by molar-refractivity contribution is 5.71. The van der Waals surface area contributed by atoms with Crippen molar-refractivity contribution in [2.45, 2.75) is 200 Å². The Balaban J connectivity index is 4.60. The molecule has 6 nitrogen and oxygen atoms in total. The lowest BCUT2D eigenvalue weighted by molar-refractivity contribution is -0.166. The highest BCUT2D eigenvalue weighted by atomic mass is 16.6. The molecule has 0 rings (SSSR count). The van der Waals surface area contributed by atoms with Crippen LogP contribution < -0.4 is 0 Å². The Morgan fingerprint density at radius 1 is 0.344 bits per heavy atom. The molecule has 0 spiro atoms. The van der Waals surface area contributed by atoms with E-state index in [0.29, 0.717) is 12.8 Å². The van der Waals surface area contributed by atoms with Crippen molar-refractivity contribution in [3.8, 4) is 0 Å². The zero-order chi connectivity index (χ0) is 46.5. The number of rotatable bonds is 43. The van der Waals surface area contributed by atoms with E-state index in [2.05, 4.69) is 106 Å². The van der Waals surface area contributed by atoms with Crippen LogP contribution in [0.2, 0.25) is 0 Å². The van der Waals surface area contributed by atoms with Gasteiger partial charge < -0.3 is 14.2 Å². The van der Waals surface area contributed by atoms with E-state index in [9.17, 15) is 14.4 Å². The van der Waals surface area contributed by atoms with Crippen molar-refractivity contribution in [2.24, 2.45) is 0 Å². The summed E-state index contributed by atoms with van der Waals surface area (Å²) in [6.07, 6.45) is 71.6. The fourth-order valence-electron chi connectivity index (χ4n) is 6.24. The molecule has 0 aromatic rings. The molecule has 6 heteroatoms. The molecule has 0 heterocycles. The molecule has 0 saturated heterocycles. The number of allylic oxidation sites excluding steroid dienone is 22. The molecule has 0 amide bonds. The summed E-state index contributed by atoms with van der Waals surface area (Å²) in [5, 5.41) is 0. The number of carbonyl (C=O) groups is 3. The van der Waals surface area contributed by atoms with E-state index in [1.54, 1.807) is 0 Å². The van der Waals surface area contributed by atoms with E-state index in [-0.39, 0.29) is 44.0 Å². The fraction of sp³-hybridized carbons (Fsp3) is 0.569. The fourth-order valence-corrected chi connectivity index (χ4v) is 6.24. The predicted octanol–water partition coefficient (Wildman–Crippen LogP) is 16.7. The van der Waals surface area contributed by atoms with Gasteiger partial charge in [-0.2, -0.15) is 0 Å². The predicted molar refractivity (Wildman–Crippen MR) is 274 cm³/mol. The zero-order valence-corrected chi connectivity index (χ0v) is 40.7. The summed E-state index contributed by atoms with van der Waals surface area (Å²) < 4.78 is 16.7. The third-order valence-corrected chi connectivity index (χ3v) is 9.98. The molecule has 0 radical (unpaired) electrons. The standard InChI is InChI=1S/C58H90O6/c1-4-7-10-13-16-19-22-25-27-28-29-30-31-34-36-39-42-45-48-51-57(60)63-54-55(53-62-56(59)50-47-44-41-38-35-32-24-21-18-15-12-9-6-3)64-58(61)52-49-46-43-40-37-33-26-23-20-17-14-11-8-5-2/h7,9-10,12,15-16,18-19,21,24-25,27,29-30,32-37,42,45,55H,4-6,8,11,13-14,17,20,22-23,26,28,31,38-41,43-44,46-54H2,1-3H3/b10-7-,12-9-,18-15-,19-16-,24-21-,27-25-,30-29-,35-32-,36-34-,37-33-,45-42-. The summed E-state index contributed by atoms with van der Waals surface area (Å²) in [6.45, 7) is 6.24. The van der Waals surface area contributed by atoms with Gasteiger partial charge >= 0.3 is 17.9 Å². The summed E-state index contributed by atoms with van der Waals surface area (Å²) >= 11 is 0. The van der Waals surface area contributed by atoms with Crippen molar-refractivity contribution >= 4 is 17.9 Å². The van der Waals surface area contributed by atoms with Crippen LogP contribution >= 0.6 is 0 Å². The Morgan fingerprint density at radius 2 is 0.719 bits per heavy atom. The first kappa shape index (κ1) is 59.6. The third kappa shape index (κ3) is 48.6. The van der Waals surface area contributed by atoms with Gasteiger partial charge in [0.1, 0.15) is 13.2 Å². The van der Waals surface area contributed by atoms with Gasteiger partial charge in [0.25, 0.3) is 0 Å². The molecule has 1 atom stereocenters. The molecule has 64 heavy (non-hydrogen) atoms. The summed E-state index contributed by atoms with van der Waals surface area (Å²) in [5.41, 5.74) is 0. The number of unbranched alkanes of at least 4 members (excludes halogenated alkanes) is 13.